The summed E-state index contributed by atoms with van der Waals surface area (Å²) in [4.78, 5) is 4.56. The van der Waals surface area contributed by atoms with Crippen LogP contribution in [0.1, 0.15) is 39.3 Å². The van der Waals surface area contributed by atoms with Crippen LogP contribution < -0.4 is 5.32 Å². The second-order valence-corrected chi connectivity index (χ2v) is 5.20. The number of aryl methyl sites for hydroxylation is 2. The van der Waals surface area contributed by atoms with Crippen molar-refractivity contribution in [1.82, 2.24) is 9.55 Å². The predicted octanol–water partition coefficient (Wildman–Crippen LogP) is 3.07. The van der Waals surface area contributed by atoms with Crippen molar-refractivity contribution in [2.45, 2.75) is 53.1 Å². The number of anilines is 1. The third-order valence-electron chi connectivity index (χ3n) is 3.12. The second-order valence-electron chi connectivity index (χ2n) is 5.20. The Labute approximate surface area is 111 Å². The van der Waals surface area contributed by atoms with Crippen LogP contribution in [0.15, 0.2) is 6.20 Å². The molecule has 18 heavy (non-hydrogen) atoms. The SMILES string of the molecule is CCCCn1cc(C)nc1NC(COC)C(C)C. The van der Waals surface area contributed by atoms with Gasteiger partial charge in [-0.2, -0.15) is 0 Å². The zero-order chi connectivity index (χ0) is 13.5. The second kappa shape index (κ2) is 7.41. The molecular weight excluding hydrogens is 226 g/mol. The molecule has 1 aromatic rings. The van der Waals surface area contributed by atoms with Crippen molar-refractivity contribution in [3.05, 3.63) is 11.9 Å². The summed E-state index contributed by atoms with van der Waals surface area (Å²) in [5.41, 5.74) is 1.06. The summed E-state index contributed by atoms with van der Waals surface area (Å²) in [7, 11) is 1.74. The molecule has 1 N–H and O–H groups in total. The number of imidazole rings is 1. The van der Waals surface area contributed by atoms with Crippen LogP contribution in [0.5, 0.6) is 0 Å². The lowest BCUT2D eigenvalue weighted by Crippen LogP contribution is -2.31. The average Bonchev–Trinajstić information content (AvgIpc) is 2.66. The van der Waals surface area contributed by atoms with Crippen LogP contribution in [0.25, 0.3) is 0 Å². The van der Waals surface area contributed by atoms with E-state index in [4.69, 9.17) is 4.74 Å². The first-order chi connectivity index (χ1) is 8.58. The highest BCUT2D eigenvalue weighted by atomic mass is 16.5. The standard InChI is InChI=1S/C14H27N3O/c1-6-7-8-17-9-12(4)15-14(17)16-13(10-18-5)11(2)3/h9,11,13H,6-8,10H2,1-5H3,(H,15,16). The molecule has 4 heteroatoms. The lowest BCUT2D eigenvalue weighted by Gasteiger charge is -2.22. The van der Waals surface area contributed by atoms with Crippen LogP contribution in [0.4, 0.5) is 5.95 Å². The summed E-state index contributed by atoms with van der Waals surface area (Å²) in [6.07, 6.45) is 4.49. The molecule has 0 amide bonds. The monoisotopic (exact) mass is 253 g/mol. The number of nitrogens with zero attached hydrogens (tertiary/aromatic N) is 2. The molecule has 1 rings (SSSR count). The van der Waals surface area contributed by atoms with Gasteiger partial charge in [-0.25, -0.2) is 4.98 Å². The van der Waals surface area contributed by atoms with Gasteiger partial charge < -0.3 is 14.6 Å². The van der Waals surface area contributed by atoms with Gasteiger partial charge in [0.15, 0.2) is 0 Å². The van der Waals surface area contributed by atoms with Crippen molar-refractivity contribution in [2.75, 3.05) is 19.0 Å². The highest BCUT2D eigenvalue weighted by molar-refractivity contribution is 5.30. The molecule has 104 valence electrons. The lowest BCUT2D eigenvalue weighted by molar-refractivity contribution is 0.170. The Morgan fingerprint density at radius 2 is 2.17 bits per heavy atom. The van der Waals surface area contributed by atoms with Crippen molar-refractivity contribution in [3.8, 4) is 0 Å². The first-order valence-electron chi connectivity index (χ1n) is 6.87. The molecular formula is C14H27N3O. The van der Waals surface area contributed by atoms with Gasteiger partial charge in [-0.1, -0.05) is 27.2 Å². The van der Waals surface area contributed by atoms with E-state index in [1.807, 2.05) is 6.92 Å². The minimum Gasteiger partial charge on any atom is -0.383 e. The summed E-state index contributed by atoms with van der Waals surface area (Å²) in [6.45, 7) is 10.4. The molecule has 1 aromatic heterocycles. The molecule has 1 unspecified atom stereocenters. The first-order valence-corrected chi connectivity index (χ1v) is 6.87. The first kappa shape index (κ1) is 15.0. The van der Waals surface area contributed by atoms with Crippen molar-refractivity contribution in [1.29, 1.82) is 0 Å². The zero-order valence-corrected chi connectivity index (χ0v) is 12.4. The molecule has 0 radical (unpaired) electrons. The van der Waals surface area contributed by atoms with Gasteiger partial charge in [-0.3, -0.25) is 0 Å². The Morgan fingerprint density at radius 3 is 2.72 bits per heavy atom. The molecule has 0 saturated carbocycles. The minimum atomic E-state index is 0.303. The van der Waals surface area contributed by atoms with Gasteiger partial charge in [0.05, 0.1) is 18.3 Å². The highest BCUT2D eigenvalue weighted by Gasteiger charge is 2.16. The van der Waals surface area contributed by atoms with Crippen LogP contribution in [-0.2, 0) is 11.3 Å². The maximum absolute atomic E-state index is 5.27. The van der Waals surface area contributed by atoms with Crippen molar-refractivity contribution in [2.24, 2.45) is 5.92 Å². The number of ether oxygens (including phenoxy) is 1. The summed E-state index contributed by atoms with van der Waals surface area (Å²) in [6, 6.07) is 0.303. The average molecular weight is 253 g/mol. The molecule has 0 aromatic carbocycles. The summed E-state index contributed by atoms with van der Waals surface area (Å²) in [5.74, 6) is 1.48. The third kappa shape index (κ3) is 4.33. The molecule has 0 saturated heterocycles. The van der Waals surface area contributed by atoms with Crippen LogP contribution in [0.2, 0.25) is 0 Å². The highest BCUT2D eigenvalue weighted by Crippen LogP contribution is 2.14. The molecule has 0 fully saturated rings. The van der Waals surface area contributed by atoms with E-state index in [1.54, 1.807) is 7.11 Å². The van der Waals surface area contributed by atoms with Crippen molar-refractivity contribution < 1.29 is 4.74 Å². The Balaban J connectivity index is 2.74. The van der Waals surface area contributed by atoms with Crippen molar-refractivity contribution >= 4 is 5.95 Å². The van der Waals surface area contributed by atoms with Gasteiger partial charge in [0.25, 0.3) is 0 Å². The van der Waals surface area contributed by atoms with Crippen LogP contribution in [-0.4, -0.2) is 29.3 Å². The Hall–Kier alpha value is -1.03. The number of aromatic nitrogens is 2. The number of hydrogen-bond donors (Lipinski definition) is 1. The summed E-state index contributed by atoms with van der Waals surface area (Å²) in [5, 5.41) is 3.50. The van der Waals surface area contributed by atoms with Gasteiger partial charge in [0, 0.05) is 19.9 Å². The number of nitrogens with one attached hydrogen (secondary N) is 1. The van der Waals surface area contributed by atoms with Gasteiger partial charge in [0.1, 0.15) is 0 Å². The van der Waals surface area contributed by atoms with Gasteiger partial charge in [-0.15, -0.1) is 0 Å². The van der Waals surface area contributed by atoms with E-state index in [0.29, 0.717) is 18.6 Å². The smallest absolute Gasteiger partial charge is 0.203 e. The van der Waals surface area contributed by atoms with E-state index in [0.717, 1.165) is 18.2 Å². The molecule has 0 spiro atoms. The molecule has 0 aliphatic heterocycles. The molecule has 1 heterocycles. The summed E-state index contributed by atoms with van der Waals surface area (Å²) < 4.78 is 7.48. The number of rotatable bonds is 8. The van der Waals surface area contributed by atoms with E-state index in [-0.39, 0.29) is 0 Å². The van der Waals surface area contributed by atoms with Crippen molar-refractivity contribution in [3.63, 3.8) is 0 Å². The fraction of sp³-hybridized carbons (Fsp3) is 0.786. The zero-order valence-electron chi connectivity index (χ0n) is 12.4. The minimum absolute atomic E-state index is 0.303. The van der Waals surface area contributed by atoms with Gasteiger partial charge >= 0.3 is 0 Å². The molecule has 0 aliphatic rings. The predicted molar refractivity (Wildman–Crippen MR) is 76.0 cm³/mol. The molecule has 0 bridgehead atoms. The Morgan fingerprint density at radius 1 is 1.44 bits per heavy atom. The van der Waals surface area contributed by atoms with E-state index in [2.05, 4.69) is 41.8 Å². The maximum Gasteiger partial charge on any atom is 0.203 e. The van der Waals surface area contributed by atoms with E-state index >= 15 is 0 Å². The number of methoxy groups -OCH3 is 1. The third-order valence-corrected chi connectivity index (χ3v) is 3.12. The van der Waals surface area contributed by atoms with Crippen LogP contribution in [0, 0.1) is 12.8 Å². The van der Waals surface area contributed by atoms with E-state index in [9.17, 15) is 0 Å². The fourth-order valence-electron chi connectivity index (χ4n) is 1.91. The quantitative estimate of drug-likeness (QED) is 0.774. The fourth-order valence-corrected chi connectivity index (χ4v) is 1.91. The summed E-state index contributed by atoms with van der Waals surface area (Å²) >= 11 is 0. The van der Waals surface area contributed by atoms with Crippen LogP contribution in [0.3, 0.4) is 0 Å². The van der Waals surface area contributed by atoms with E-state index in [1.165, 1.54) is 12.8 Å². The Bertz CT molecular complexity index is 347. The normalized spacial score (nSPS) is 13.0. The largest absolute Gasteiger partial charge is 0.383 e. The molecule has 0 aliphatic carbocycles. The van der Waals surface area contributed by atoms with Gasteiger partial charge in [0.2, 0.25) is 5.95 Å². The van der Waals surface area contributed by atoms with Crippen LogP contribution >= 0.6 is 0 Å². The maximum atomic E-state index is 5.27. The molecule has 1 atom stereocenters. The lowest BCUT2D eigenvalue weighted by atomic mass is 10.1. The number of hydrogen-bond acceptors (Lipinski definition) is 3. The Kier molecular flexibility index (Phi) is 6.19. The van der Waals surface area contributed by atoms with Gasteiger partial charge in [-0.05, 0) is 19.3 Å². The number of unbranched alkanes of at least 4 members (excludes halogenated alkanes) is 1. The topological polar surface area (TPSA) is 39.1 Å². The van der Waals surface area contributed by atoms with E-state index < -0.39 is 0 Å². The molecule has 4 nitrogen and oxygen atoms in total.